The average Bonchev–Trinajstić information content (AvgIpc) is 3.85. The lowest BCUT2D eigenvalue weighted by Crippen LogP contribution is -2.10. The molecule has 0 fully saturated rings. The number of fused-ring (bicyclic) bond motifs is 6. The standard InChI is InChI=1S/C58H44N2S/c1-58(2,3)45-25-34-56-52(37-45)53-38-49(32-35-57(53)61-56)60-54-17-11-10-16-50(54)51-36-44(24-33-55(51)60)43-22-30-48(31-23-43)59(46-26-18-41(19-27-46)39-12-6-4-7-13-39)47-28-20-42(21-29-47)40-14-8-5-9-15-40/h4-38H,1-3H3. The molecule has 292 valence electrons. The maximum absolute atomic E-state index is 2.44. The topological polar surface area (TPSA) is 8.17 Å². The van der Waals surface area contributed by atoms with Crippen LogP contribution >= 0.6 is 11.3 Å². The van der Waals surface area contributed by atoms with E-state index in [1.807, 2.05) is 11.3 Å². The van der Waals surface area contributed by atoms with Gasteiger partial charge in [-0.1, -0.05) is 148 Å². The zero-order chi connectivity index (χ0) is 41.1. The van der Waals surface area contributed by atoms with E-state index in [0.29, 0.717) is 0 Å². The Bertz CT molecular complexity index is 3270. The predicted molar refractivity (Wildman–Crippen MR) is 263 cm³/mol. The van der Waals surface area contributed by atoms with Crippen molar-refractivity contribution in [2.75, 3.05) is 4.90 Å². The highest BCUT2D eigenvalue weighted by Gasteiger charge is 2.19. The molecular formula is C58H44N2S. The van der Waals surface area contributed by atoms with E-state index >= 15 is 0 Å². The molecule has 0 saturated heterocycles. The summed E-state index contributed by atoms with van der Waals surface area (Å²) in [6.45, 7) is 6.88. The van der Waals surface area contributed by atoms with Crippen LogP contribution in [0.5, 0.6) is 0 Å². The second kappa shape index (κ2) is 14.8. The van der Waals surface area contributed by atoms with Gasteiger partial charge in [-0.05, 0) is 129 Å². The molecular weight excluding hydrogens is 757 g/mol. The fraction of sp³-hybridized carbons (Fsp3) is 0.0690. The lowest BCUT2D eigenvalue weighted by Gasteiger charge is -2.26. The van der Waals surface area contributed by atoms with Gasteiger partial charge in [0.05, 0.1) is 11.0 Å². The van der Waals surface area contributed by atoms with Crippen LogP contribution in [-0.2, 0) is 5.41 Å². The minimum absolute atomic E-state index is 0.0918. The zero-order valence-electron chi connectivity index (χ0n) is 34.5. The lowest BCUT2D eigenvalue weighted by atomic mass is 9.86. The number of hydrogen-bond acceptors (Lipinski definition) is 2. The molecule has 0 aliphatic heterocycles. The molecule has 0 amide bonds. The maximum Gasteiger partial charge on any atom is 0.0541 e. The summed E-state index contributed by atoms with van der Waals surface area (Å²) in [5, 5.41) is 5.17. The van der Waals surface area contributed by atoms with Crippen LogP contribution in [0.2, 0.25) is 0 Å². The summed E-state index contributed by atoms with van der Waals surface area (Å²) < 4.78 is 5.10. The first-order chi connectivity index (χ1) is 29.9. The first kappa shape index (κ1) is 36.8. The third-order valence-electron chi connectivity index (χ3n) is 12.2. The molecule has 0 saturated carbocycles. The molecule has 0 bridgehead atoms. The molecule has 11 aromatic rings. The highest BCUT2D eigenvalue weighted by Crippen LogP contribution is 2.42. The summed E-state index contributed by atoms with van der Waals surface area (Å²) in [5.41, 5.74) is 15.6. The molecule has 61 heavy (non-hydrogen) atoms. The van der Waals surface area contributed by atoms with Crippen molar-refractivity contribution < 1.29 is 0 Å². The fourth-order valence-electron chi connectivity index (χ4n) is 8.92. The lowest BCUT2D eigenvalue weighted by molar-refractivity contribution is 0.591. The summed E-state index contributed by atoms with van der Waals surface area (Å²) >= 11 is 1.88. The molecule has 0 spiro atoms. The smallest absolute Gasteiger partial charge is 0.0541 e. The zero-order valence-corrected chi connectivity index (χ0v) is 35.3. The molecule has 0 unspecified atom stereocenters. The van der Waals surface area contributed by atoms with E-state index < -0.39 is 0 Å². The van der Waals surface area contributed by atoms with E-state index in [-0.39, 0.29) is 5.41 Å². The molecule has 0 N–H and O–H groups in total. The number of para-hydroxylation sites is 1. The number of thiophene rings is 1. The van der Waals surface area contributed by atoms with Crippen LogP contribution in [-0.4, -0.2) is 4.57 Å². The fourth-order valence-corrected chi connectivity index (χ4v) is 9.99. The van der Waals surface area contributed by atoms with E-state index in [1.54, 1.807) is 0 Å². The molecule has 3 heteroatoms. The summed E-state index contributed by atoms with van der Waals surface area (Å²) in [4.78, 5) is 2.35. The van der Waals surface area contributed by atoms with E-state index in [2.05, 4.69) is 243 Å². The van der Waals surface area contributed by atoms with Crippen molar-refractivity contribution >= 4 is 70.4 Å². The molecule has 0 aliphatic rings. The monoisotopic (exact) mass is 800 g/mol. The number of rotatable bonds is 7. The van der Waals surface area contributed by atoms with Crippen molar-refractivity contribution in [3.8, 4) is 39.1 Å². The van der Waals surface area contributed by atoms with Crippen LogP contribution in [0.3, 0.4) is 0 Å². The summed E-state index contributed by atoms with van der Waals surface area (Å²) in [7, 11) is 0. The third kappa shape index (κ3) is 6.68. The second-order valence-corrected chi connectivity index (χ2v) is 18.1. The Hall–Kier alpha value is -7.20. The molecule has 0 radical (unpaired) electrons. The van der Waals surface area contributed by atoms with Gasteiger partial charge in [0, 0.05) is 53.7 Å². The number of benzene rings is 9. The van der Waals surface area contributed by atoms with Gasteiger partial charge in [0.15, 0.2) is 0 Å². The van der Waals surface area contributed by atoms with Gasteiger partial charge in [0.2, 0.25) is 0 Å². The number of anilines is 3. The number of hydrogen-bond donors (Lipinski definition) is 0. The van der Waals surface area contributed by atoms with Crippen LogP contribution in [0.4, 0.5) is 17.1 Å². The van der Waals surface area contributed by atoms with Crippen LogP contribution < -0.4 is 4.90 Å². The third-order valence-corrected chi connectivity index (χ3v) is 13.3. The Morgan fingerprint density at radius 1 is 0.361 bits per heavy atom. The van der Waals surface area contributed by atoms with Crippen molar-refractivity contribution in [1.29, 1.82) is 0 Å². The molecule has 2 nitrogen and oxygen atoms in total. The van der Waals surface area contributed by atoms with Gasteiger partial charge in [0.1, 0.15) is 0 Å². The molecule has 2 aromatic heterocycles. The normalized spacial score (nSPS) is 11.9. The second-order valence-electron chi connectivity index (χ2n) is 17.0. The Morgan fingerprint density at radius 2 is 0.820 bits per heavy atom. The van der Waals surface area contributed by atoms with Crippen molar-refractivity contribution in [3.05, 3.63) is 218 Å². The number of nitrogens with zero attached hydrogens (tertiary/aromatic N) is 2. The Balaban J connectivity index is 0.972. The van der Waals surface area contributed by atoms with Gasteiger partial charge < -0.3 is 9.47 Å². The van der Waals surface area contributed by atoms with E-state index in [0.717, 1.165) is 17.1 Å². The van der Waals surface area contributed by atoms with Crippen molar-refractivity contribution in [3.63, 3.8) is 0 Å². The van der Waals surface area contributed by atoms with Gasteiger partial charge in [0.25, 0.3) is 0 Å². The van der Waals surface area contributed by atoms with Crippen molar-refractivity contribution in [1.82, 2.24) is 4.57 Å². The molecule has 2 heterocycles. The van der Waals surface area contributed by atoms with Crippen LogP contribution in [0.15, 0.2) is 212 Å². The summed E-state index contributed by atoms with van der Waals surface area (Å²) in [6.07, 6.45) is 0. The molecule has 11 rings (SSSR count). The summed E-state index contributed by atoms with van der Waals surface area (Å²) in [5.74, 6) is 0. The van der Waals surface area contributed by atoms with Gasteiger partial charge >= 0.3 is 0 Å². The molecule has 0 aliphatic carbocycles. The van der Waals surface area contributed by atoms with Crippen LogP contribution in [0, 0.1) is 0 Å². The van der Waals surface area contributed by atoms with Gasteiger partial charge in [-0.25, -0.2) is 0 Å². The molecule has 0 atom stereocenters. The van der Waals surface area contributed by atoms with E-state index in [4.69, 9.17) is 0 Å². The SMILES string of the molecule is CC(C)(C)c1ccc2sc3ccc(-n4c5ccccc5c5cc(-c6ccc(N(c7ccc(-c8ccccc8)cc7)c7ccc(-c8ccccc8)cc7)cc6)ccc54)cc3c2c1. The Labute approximate surface area is 361 Å². The maximum atomic E-state index is 2.44. The van der Waals surface area contributed by atoms with Crippen LogP contribution in [0.25, 0.3) is 81.0 Å². The highest BCUT2D eigenvalue weighted by molar-refractivity contribution is 7.25. The quantitative estimate of drug-likeness (QED) is 0.156. The van der Waals surface area contributed by atoms with Crippen molar-refractivity contribution in [2.45, 2.75) is 26.2 Å². The first-order valence-electron chi connectivity index (χ1n) is 21.1. The Morgan fingerprint density at radius 3 is 1.39 bits per heavy atom. The summed E-state index contributed by atoms with van der Waals surface area (Å²) in [6, 6.07) is 77.8. The number of aromatic nitrogens is 1. The van der Waals surface area contributed by atoms with E-state index in [9.17, 15) is 0 Å². The largest absolute Gasteiger partial charge is 0.311 e. The first-order valence-corrected chi connectivity index (χ1v) is 21.9. The average molecular weight is 801 g/mol. The van der Waals surface area contributed by atoms with Gasteiger partial charge in [-0.15, -0.1) is 11.3 Å². The Kier molecular flexibility index (Phi) is 8.95. The highest BCUT2D eigenvalue weighted by atomic mass is 32.1. The van der Waals surface area contributed by atoms with Gasteiger partial charge in [-0.2, -0.15) is 0 Å². The minimum atomic E-state index is 0.0918. The minimum Gasteiger partial charge on any atom is -0.311 e. The van der Waals surface area contributed by atoms with Crippen molar-refractivity contribution in [2.24, 2.45) is 0 Å². The predicted octanol–water partition coefficient (Wildman–Crippen LogP) is 16.9. The van der Waals surface area contributed by atoms with E-state index in [1.165, 1.54) is 86.6 Å². The van der Waals surface area contributed by atoms with Crippen LogP contribution in [0.1, 0.15) is 26.3 Å². The van der Waals surface area contributed by atoms with Gasteiger partial charge in [-0.3, -0.25) is 0 Å². The molecule has 9 aromatic carbocycles.